The van der Waals surface area contributed by atoms with E-state index in [-0.39, 0.29) is 16.2 Å². The number of carbonyl (C=O) groups is 1. The zero-order valence-corrected chi connectivity index (χ0v) is 16.8. The highest BCUT2D eigenvalue weighted by molar-refractivity contribution is 7.91. The molecule has 0 saturated heterocycles. The summed E-state index contributed by atoms with van der Waals surface area (Å²) in [4.78, 5) is 16.0. The zero-order chi connectivity index (χ0) is 20.0. The van der Waals surface area contributed by atoms with Crippen LogP contribution < -0.4 is 5.32 Å². The summed E-state index contributed by atoms with van der Waals surface area (Å²) < 4.78 is 25.6. The van der Waals surface area contributed by atoms with Crippen molar-refractivity contribution in [2.75, 3.05) is 17.6 Å². The first-order valence-corrected chi connectivity index (χ1v) is 10.8. The Bertz CT molecular complexity index is 909. The van der Waals surface area contributed by atoms with E-state index in [9.17, 15) is 18.3 Å². The van der Waals surface area contributed by atoms with Crippen molar-refractivity contribution in [1.29, 1.82) is 0 Å². The number of sulfone groups is 1. The summed E-state index contributed by atoms with van der Waals surface area (Å²) in [5.41, 5.74) is 2.35. The Kier molecular flexibility index (Phi) is 6.96. The van der Waals surface area contributed by atoms with Crippen molar-refractivity contribution in [3.05, 3.63) is 41.7 Å². The van der Waals surface area contributed by atoms with Gasteiger partial charge in [-0.3, -0.25) is 4.98 Å². The van der Waals surface area contributed by atoms with E-state index in [0.29, 0.717) is 35.3 Å². The lowest BCUT2D eigenvalue weighted by Crippen LogP contribution is -2.15. The van der Waals surface area contributed by atoms with E-state index in [2.05, 4.69) is 17.2 Å². The summed E-state index contributed by atoms with van der Waals surface area (Å²) in [7, 11) is -3.64. The molecule has 2 rings (SSSR count). The molecule has 0 saturated carbocycles. The highest BCUT2D eigenvalue weighted by Gasteiger charge is 2.27. The number of anilines is 1. The Labute approximate surface area is 160 Å². The number of rotatable bonds is 9. The number of carboxylic acid groups (broad SMARTS) is 1. The minimum atomic E-state index is -3.64. The van der Waals surface area contributed by atoms with E-state index in [0.717, 1.165) is 12.8 Å². The van der Waals surface area contributed by atoms with Crippen LogP contribution in [0, 0.1) is 0 Å². The molecule has 0 amide bonds. The van der Waals surface area contributed by atoms with Crippen LogP contribution in [-0.4, -0.2) is 36.8 Å². The molecule has 2 aromatic rings. The number of unbranched alkanes of at least 4 members (excludes halogenated alkanes) is 1. The highest BCUT2D eigenvalue weighted by Crippen LogP contribution is 2.39. The normalized spacial score (nSPS) is 11.4. The third-order valence-electron chi connectivity index (χ3n) is 4.48. The van der Waals surface area contributed by atoms with Gasteiger partial charge in [0, 0.05) is 35.8 Å². The van der Waals surface area contributed by atoms with Crippen LogP contribution in [-0.2, 0) is 16.3 Å². The van der Waals surface area contributed by atoms with Gasteiger partial charge in [-0.2, -0.15) is 0 Å². The molecule has 1 aromatic heterocycles. The zero-order valence-electron chi connectivity index (χ0n) is 15.9. The lowest BCUT2D eigenvalue weighted by Gasteiger charge is -2.21. The molecule has 1 aromatic carbocycles. The Balaban J connectivity index is 2.92. The van der Waals surface area contributed by atoms with Gasteiger partial charge < -0.3 is 10.4 Å². The summed E-state index contributed by atoms with van der Waals surface area (Å²) in [6, 6.07) is 4.83. The molecule has 0 aliphatic carbocycles. The second-order valence-electron chi connectivity index (χ2n) is 6.23. The van der Waals surface area contributed by atoms with Crippen LogP contribution in [0.4, 0.5) is 5.69 Å². The first-order chi connectivity index (χ1) is 12.9. The predicted octanol–water partition coefficient (Wildman–Crippen LogP) is 4.01. The Morgan fingerprint density at radius 3 is 2.52 bits per heavy atom. The van der Waals surface area contributed by atoms with Crippen molar-refractivity contribution in [2.45, 2.75) is 44.9 Å². The van der Waals surface area contributed by atoms with Gasteiger partial charge in [-0.15, -0.1) is 0 Å². The number of carboxylic acids is 1. The maximum absolute atomic E-state index is 12.8. The number of hydrogen-bond donors (Lipinski definition) is 2. The van der Waals surface area contributed by atoms with Crippen LogP contribution in [0.25, 0.3) is 11.1 Å². The van der Waals surface area contributed by atoms with Crippen LogP contribution in [0.15, 0.2) is 35.5 Å². The maximum Gasteiger partial charge on any atom is 0.336 e. The van der Waals surface area contributed by atoms with Crippen LogP contribution in [0.5, 0.6) is 0 Å². The largest absolute Gasteiger partial charge is 0.478 e. The van der Waals surface area contributed by atoms with E-state index in [1.165, 1.54) is 6.07 Å². The fourth-order valence-electron chi connectivity index (χ4n) is 3.04. The Hall–Kier alpha value is -2.41. The van der Waals surface area contributed by atoms with Crippen LogP contribution in [0.2, 0.25) is 0 Å². The summed E-state index contributed by atoms with van der Waals surface area (Å²) in [5.74, 6) is -1.24. The molecule has 0 aliphatic rings. The quantitative estimate of drug-likeness (QED) is 0.628. The third-order valence-corrected chi connectivity index (χ3v) is 6.23. The average Bonchev–Trinajstić information content (AvgIpc) is 2.67. The molecule has 1 heterocycles. The van der Waals surface area contributed by atoms with Crippen molar-refractivity contribution >= 4 is 21.5 Å². The van der Waals surface area contributed by atoms with Crippen molar-refractivity contribution < 1.29 is 18.3 Å². The molecule has 0 atom stereocenters. The number of aromatic carboxylic acids is 1. The number of nitrogens with zero attached hydrogens (tertiary/aromatic N) is 1. The van der Waals surface area contributed by atoms with Gasteiger partial charge in [-0.1, -0.05) is 33.3 Å². The van der Waals surface area contributed by atoms with E-state index in [1.807, 2.05) is 6.92 Å². The second-order valence-corrected chi connectivity index (χ2v) is 8.48. The topological polar surface area (TPSA) is 96.4 Å². The van der Waals surface area contributed by atoms with Gasteiger partial charge >= 0.3 is 5.97 Å². The minimum Gasteiger partial charge on any atom is -0.478 e. The maximum atomic E-state index is 12.8. The molecule has 0 fully saturated rings. The SMILES string of the molecule is CCCCNc1c(CC)c(C(=O)O)cc(S(=O)(=O)CC)c1-c1cccnc1. The summed E-state index contributed by atoms with van der Waals surface area (Å²) >= 11 is 0. The molecule has 146 valence electrons. The van der Waals surface area contributed by atoms with Gasteiger partial charge in [-0.05, 0) is 30.5 Å². The Morgan fingerprint density at radius 1 is 1.26 bits per heavy atom. The second kappa shape index (κ2) is 8.99. The number of pyridine rings is 1. The van der Waals surface area contributed by atoms with E-state index in [4.69, 9.17) is 0 Å². The van der Waals surface area contributed by atoms with E-state index >= 15 is 0 Å². The van der Waals surface area contributed by atoms with Gasteiger partial charge in [-0.25, -0.2) is 13.2 Å². The van der Waals surface area contributed by atoms with Crippen LogP contribution in [0.1, 0.15) is 49.5 Å². The molecular formula is C20H26N2O4S. The van der Waals surface area contributed by atoms with E-state index in [1.54, 1.807) is 31.5 Å². The summed E-state index contributed by atoms with van der Waals surface area (Å²) in [5, 5.41) is 13.0. The molecule has 2 N–H and O–H groups in total. The lowest BCUT2D eigenvalue weighted by molar-refractivity contribution is 0.0695. The molecule has 6 nitrogen and oxygen atoms in total. The van der Waals surface area contributed by atoms with Gasteiger partial charge in [0.15, 0.2) is 9.84 Å². The fraction of sp³-hybridized carbons (Fsp3) is 0.400. The molecule has 0 bridgehead atoms. The summed E-state index contributed by atoms with van der Waals surface area (Å²) in [6.45, 7) is 6.12. The number of hydrogen-bond acceptors (Lipinski definition) is 5. The standard InChI is InChI=1S/C20H26N2O4S/c1-4-7-11-22-19-15(5-2)16(20(23)24)12-17(27(25,26)6-3)18(19)14-9-8-10-21-13-14/h8-10,12-13,22H,4-7,11H2,1-3H3,(H,23,24). The molecule has 0 spiro atoms. The number of aromatic nitrogens is 1. The fourth-order valence-corrected chi connectivity index (χ4v) is 4.18. The molecule has 0 aliphatic heterocycles. The van der Waals surface area contributed by atoms with Gasteiger partial charge in [0.2, 0.25) is 0 Å². The van der Waals surface area contributed by atoms with Gasteiger partial charge in [0.25, 0.3) is 0 Å². The highest BCUT2D eigenvalue weighted by atomic mass is 32.2. The van der Waals surface area contributed by atoms with Crippen molar-refractivity contribution in [1.82, 2.24) is 4.98 Å². The van der Waals surface area contributed by atoms with E-state index < -0.39 is 15.8 Å². The van der Waals surface area contributed by atoms with Gasteiger partial charge in [0.05, 0.1) is 16.2 Å². The van der Waals surface area contributed by atoms with Crippen LogP contribution >= 0.6 is 0 Å². The monoisotopic (exact) mass is 390 g/mol. The molecule has 7 heteroatoms. The molecular weight excluding hydrogens is 364 g/mol. The molecule has 27 heavy (non-hydrogen) atoms. The minimum absolute atomic E-state index is 0.0242. The first-order valence-electron chi connectivity index (χ1n) is 9.17. The van der Waals surface area contributed by atoms with Crippen molar-refractivity contribution in [3.8, 4) is 11.1 Å². The number of nitrogens with one attached hydrogen (secondary N) is 1. The smallest absolute Gasteiger partial charge is 0.336 e. The van der Waals surface area contributed by atoms with Crippen LogP contribution in [0.3, 0.4) is 0 Å². The third kappa shape index (κ3) is 4.47. The van der Waals surface area contributed by atoms with Crippen molar-refractivity contribution in [3.63, 3.8) is 0 Å². The first kappa shape index (κ1) is 20.9. The van der Waals surface area contributed by atoms with Gasteiger partial charge in [0.1, 0.15) is 0 Å². The average molecular weight is 391 g/mol. The molecule has 0 radical (unpaired) electrons. The van der Waals surface area contributed by atoms with Crippen molar-refractivity contribution in [2.24, 2.45) is 0 Å². The summed E-state index contributed by atoms with van der Waals surface area (Å²) in [6.07, 6.45) is 5.55. The molecule has 0 unspecified atom stereocenters. The lowest BCUT2D eigenvalue weighted by atomic mass is 9.95. The predicted molar refractivity (Wildman–Crippen MR) is 107 cm³/mol. The Morgan fingerprint density at radius 2 is 2.00 bits per heavy atom. The number of benzene rings is 1.